The number of ether oxygens (including phenoxy) is 1. The molecule has 0 saturated heterocycles. The lowest BCUT2D eigenvalue weighted by molar-refractivity contribution is -0.115. The van der Waals surface area contributed by atoms with Gasteiger partial charge in [0.15, 0.2) is 0 Å². The van der Waals surface area contributed by atoms with Gasteiger partial charge in [0, 0.05) is 22.3 Å². The number of benzene rings is 3. The number of methoxy groups -OCH3 is 1. The van der Waals surface area contributed by atoms with Crippen LogP contribution in [0.1, 0.15) is 27.6 Å². The van der Waals surface area contributed by atoms with Gasteiger partial charge < -0.3 is 20.5 Å². The second kappa shape index (κ2) is 10.5. The minimum Gasteiger partial charge on any atom is -0.497 e. The van der Waals surface area contributed by atoms with Gasteiger partial charge in [0.05, 0.1) is 23.5 Å². The number of carboxylic acids is 1. The standard InChI is InChI=1S/C24H22N2O5S/c1-15(22(27)26-17-6-5-7-18(14-17)31-2)32-19-12-10-16(11-13-19)25-23(28)20-8-3-4-9-21(20)24(29)30/h3-15H,1-2H3,(H,25,28)(H,26,27)(H,29,30). The lowest BCUT2D eigenvalue weighted by Gasteiger charge is -2.13. The van der Waals surface area contributed by atoms with E-state index in [-0.39, 0.29) is 22.3 Å². The molecule has 3 rings (SSSR count). The molecular formula is C24H22N2O5S. The molecule has 0 aliphatic rings. The van der Waals surface area contributed by atoms with Crippen molar-refractivity contribution in [1.82, 2.24) is 0 Å². The zero-order valence-corrected chi connectivity index (χ0v) is 18.3. The molecule has 2 amide bonds. The molecule has 3 aromatic rings. The molecule has 1 unspecified atom stereocenters. The van der Waals surface area contributed by atoms with Crippen LogP contribution in [-0.4, -0.2) is 35.2 Å². The Kier molecular flexibility index (Phi) is 7.51. The third-order valence-corrected chi connectivity index (χ3v) is 5.65. The number of carboxylic acid groups (broad SMARTS) is 1. The molecule has 0 fully saturated rings. The number of anilines is 2. The van der Waals surface area contributed by atoms with Crippen molar-refractivity contribution in [3.63, 3.8) is 0 Å². The van der Waals surface area contributed by atoms with Gasteiger partial charge in [0.2, 0.25) is 5.91 Å². The van der Waals surface area contributed by atoms with E-state index in [0.29, 0.717) is 17.1 Å². The SMILES string of the molecule is COc1cccc(NC(=O)C(C)Sc2ccc(NC(=O)c3ccccc3C(=O)O)cc2)c1. The van der Waals surface area contributed by atoms with Crippen molar-refractivity contribution >= 4 is 40.9 Å². The van der Waals surface area contributed by atoms with Gasteiger partial charge in [-0.3, -0.25) is 9.59 Å². The fourth-order valence-electron chi connectivity index (χ4n) is 2.89. The maximum Gasteiger partial charge on any atom is 0.336 e. The van der Waals surface area contributed by atoms with Crippen LogP contribution in [0.25, 0.3) is 0 Å². The van der Waals surface area contributed by atoms with Crippen molar-refractivity contribution in [3.05, 3.63) is 83.9 Å². The fourth-order valence-corrected chi connectivity index (χ4v) is 3.75. The average molecular weight is 451 g/mol. The number of hydrogen-bond donors (Lipinski definition) is 3. The van der Waals surface area contributed by atoms with E-state index < -0.39 is 11.9 Å². The Morgan fingerprint density at radius 1 is 0.875 bits per heavy atom. The maximum absolute atomic E-state index is 12.5. The number of nitrogens with one attached hydrogen (secondary N) is 2. The Labute approximate surface area is 189 Å². The van der Waals surface area contributed by atoms with E-state index >= 15 is 0 Å². The van der Waals surface area contributed by atoms with Crippen molar-refractivity contribution in [2.24, 2.45) is 0 Å². The first-order valence-corrected chi connectivity index (χ1v) is 10.6. The van der Waals surface area contributed by atoms with E-state index in [2.05, 4.69) is 10.6 Å². The van der Waals surface area contributed by atoms with E-state index in [4.69, 9.17) is 4.74 Å². The van der Waals surface area contributed by atoms with Crippen molar-refractivity contribution < 1.29 is 24.2 Å². The van der Waals surface area contributed by atoms with Gasteiger partial charge in [-0.15, -0.1) is 11.8 Å². The lowest BCUT2D eigenvalue weighted by atomic mass is 10.1. The summed E-state index contributed by atoms with van der Waals surface area (Å²) in [6.45, 7) is 1.80. The van der Waals surface area contributed by atoms with Crippen LogP contribution in [0.5, 0.6) is 5.75 Å². The Balaban J connectivity index is 1.60. The number of rotatable bonds is 8. The topological polar surface area (TPSA) is 105 Å². The van der Waals surface area contributed by atoms with Gasteiger partial charge in [0.1, 0.15) is 5.75 Å². The fraction of sp³-hybridized carbons (Fsp3) is 0.125. The summed E-state index contributed by atoms with van der Waals surface area (Å²) in [5.74, 6) is -1.16. The molecule has 164 valence electrons. The third-order valence-electron chi connectivity index (χ3n) is 4.53. The summed E-state index contributed by atoms with van der Waals surface area (Å²) in [7, 11) is 1.57. The third kappa shape index (κ3) is 5.89. The molecule has 0 radical (unpaired) electrons. The zero-order valence-electron chi connectivity index (χ0n) is 17.5. The summed E-state index contributed by atoms with van der Waals surface area (Å²) in [5.41, 5.74) is 1.20. The normalized spacial score (nSPS) is 11.3. The molecule has 3 aromatic carbocycles. The van der Waals surface area contributed by atoms with Crippen LogP contribution in [0.2, 0.25) is 0 Å². The van der Waals surface area contributed by atoms with E-state index in [0.717, 1.165) is 4.90 Å². The number of carbonyl (C=O) groups excluding carboxylic acids is 2. The highest BCUT2D eigenvalue weighted by Gasteiger charge is 2.17. The Morgan fingerprint density at radius 2 is 1.56 bits per heavy atom. The number of aromatic carboxylic acids is 1. The molecule has 0 bridgehead atoms. The Bertz CT molecular complexity index is 1130. The van der Waals surface area contributed by atoms with Crippen molar-refractivity contribution in [1.29, 1.82) is 0 Å². The quantitative estimate of drug-likeness (QED) is 0.427. The van der Waals surface area contributed by atoms with Crippen molar-refractivity contribution in [3.8, 4) is 5.75 Å². The largest absolute Gasteiger partial charge is 0.497 e. The molecule has 3 N–H and O–H groups in total. The predicted octanol–water partition coefficient (Wildman–Crippen LogP) is 4.77. The summed E-state index contributed by atoms with van der Waals surface area (Å²) in [6, 6.07) is 20.1. The second-order valence-corrected chi connectivity index (χ2v) is 8.22. The van der Waals surface area contributed by atoms with Crippen LogP contribution in [0.3, 0.4) is 0 Å². The first-order valence-electron chi connectivity index (χ1n) is 9.72. The minimum absolute atomic E-state index is 0.0620. The molecule has 0 aliphatic heterocycles. The molecule has 0 aliphatic carbocycles. The smallest absolute Gasteiger partial charge is 0.336 e. The van der Waals surface area contributed by atoms with Gasteiger partial charge in [-0.1, -0.05) is 18.2 Å². The van der Waals surface area contributed by atoms with Crippen LogP contribution in [0.4, 0.5) is 11.4 Å². The maximum atomic E-state index is 12.5. The molecule has 32 heavy (non-hydrogen) atoms. The number of amides is 2. The van der Waals surface area contributed by atoms with Crippen LogP contribution < -0.4 is 15.4 Å². The summed E-state index contributed by atoms with van der Waals surface area (Å²) < 4.78 is 5.16. The highest BCUT2D eigenvalue weighted by molar-refractivity contribution is 8.00. The van der Waals surface area contributed by atoms with Gasteiger partial charge in [-0.05, 0) is 55.5 Å². The van der Waals surface area contributed by atoms with E-state index in [9.17, 15) is 19.5 Å². The van der Waals surface area contributed by atoms with Gasteiger partial charge in [-0.2, -0.15) is 0 Å². The number of hydrogen-bond acceptors (Lipinski definition) is 5. The second-order valence-electron chi connectivity index (χ2n) is 6.81. The molecular weight excluding hydrogens is 428 g/mol. The molecule has 0 aromatic heterocycles. The molecule has 0 heterocycles. The van der Waals surface area contributed by atoms with Gasteiger partial charge in [0.25, 0.3) is 5.91 Å². The van der Waals surface area contributed by atoms with Crippen LogP contribution >= 0.6 is 11.8 Å². The summed E-state index contributed by atoms with van der Waals surface area (Å²) in [5, 5.41) is 14.4. The summed E-state index contributed by atoms with van der Waals surface area (Å²) >= 11 is 1.38. The summed E-state index contributed by atoms with van der Waals surface area (Å²) in [4.78, 5) is 37.1. The molecule has 0 spiro atoms. The van der Waals surface area contributed by atoms with Crippen LogP contribution in [0.15, 0.2) is 77.7 Å². The van der Waals surface area contributed by atoms with Crippen molar-refractivity contribution in [2.75, 3.05) is 17.7 Å². The predicted molar refractivity (Wildman–Crippen MR) is 125 cm³/mol. The van der Waals surface area contributed by atoms with E-state index in [1.54, 1.807) is 74.7 Å². The zero-order chi connectivity index (χ0) is 23.1. The van der Waals surface area contributed by atoms with E-state index in [1.165, 1.54) is 23.9 Å². The Hall–Kier alpha value is -3.78. The molecule has 0 saturated carbocycles. The highest BCUT2D eigenvalue weighted by atomic mass is 32.2. The number of thioether (sulfide) groups is 1. The first-order chi connectivity index (χ1) is 15.4. The highest BCUT2D eigenvalue weighted by Crippen LogP contribution is 2.26. The number of carbonyl (C=O) groups is 3. The lowest BCUT2D eigenvalue weighted by Crippen LogP contribution is -2.22. The monoisotopic (exact) mass is 450 g/mol. The van der Waals surface area contributed by atoms with E-state index in [1.807, 2.05) is 0 Å². The van der Waals surface area contributed by atoms with Crippen molar-refractivity contribution in [2.45, 2.75) is 17.1 Å². The van der Waals surface area contributed by atoms with Crippen LogP contribution in [0, 0.1) is 0 Å². The first kappa shape index (κ1) is 22.9. The minimum atomic E-state index is -1.16. The molecule has 1 atom stereocenters. The summed E-state index contributed by atoms with van der Waals surface area (Å²) in [6.07, 6.45) is 0. The van der Waals surface area contributed by atoms with Gasteiger partial charge >= 0.3 is 5.97 Å². The average Bonchev–Trinajstić information content (AvgIpc) is 2.80. The van der Waals surface area contributed by atoms with Crippen LogP contribution in [-0.2, 0) is 4.79 Å². The Morgan fingerprint density at radius 3 is 2.22 bits per heavy atom. The molecule has 7 nitrogen and oxygen atoms in total. The molecule has 8 heteroatoms. The van der Waals surface area contributed by atoms with Gasteiger partial charge in [-0.25, -0.2) is 4.79 Å².